The van der Waals surface area contributed by atoms with E-state index in [0.29, 0.717) is 0 Å². The molecule has 0 bridgehead atoms. The third-order valence-corrected chi connectivity index (χ3v) is 2.23. The molecule has 1 unspecified atom stereocenters. The van der Waals surface area contributed by atoms with Gasteiger partial charge in [0.2, 0.25) is 6.23 Å². The van der Waals surface area contributed by atoms with Crippen molar-refractivity contribution in [2.24, 2.45) is 10.3 Å². The van der Waals surface area contributed by atoms with E-state index < -0.39 is 6.23 Å². The van der Waals surface area contributed by atoms with Crippen LogP contribution in [0.4, 0.5) is 0 Å². The van der Waals surface area contributed by atoms with E-state index in [4.69, 9.17) is 10.4 Å². The fourth-order valence-electron chi connectivity index (χ4n) is 1.41. The van der Waals surface area contributed by atoms with Crippen molar-refractivity contribution in [3.63, 3.8) is 0 Å². The minimum atomic E-state index is -0.627. The Morgan fingerprint density at radius 2 is 2.12 bits per heavy atom. The summed E-state index contributed by atoms with van der Waals surface area (Å²) in [5.74, 6) is 0. The minimum absolute atomic E-state index is 0.627. The first kappa shape index (κ1) is 10.3. The van der Waals surface area contributed by atoms with Crippen LogP contribution in [0.2, 0.25) is 0 Å². The van der Waals surface area contributed by atoms with Gasteiger partial charge in [-0.15, -0.1) is 0 Å². The molecule has 0 fully saturated rings. The molecule has 1 heterocycles. The van der Waals surface area contributed by atoms with Gasteiger partial charge in [0.05, 0.1) is 0 Å². The molecule has 0 saturated heterocycles. The molecular formula is C11H10N4O. The number of hydrogen-bond donors (Lipinski definition) is 0. The number of azide groups is 1. The van der Waals surface area contributed by atoms with Crippen LogP contribution in [-0.4, -0.2) is 11.9 Å². The molecule has 1 aromatic carbocycles. The fraction of sp³-hybridized carbons (Fsp3) is 0.182. The fourth-order valence-corrected chi connectivity index (χ4v) is 1.41. The van der Waals surface area contributed by atoms with Crippen LogP contribution in [0.3, 0.4) is 0 Å². The normalized spacial score (nSPS) is 18.9. The summed E-state index contributed by atoms with van der Waals surface area (Å²) in [5.41, 5.74) is 10.9. The highest BCUT2D eigenvalue weighted by atomic mass is 16.6. The zero-order valence-corrected chi connectivity index (χ0v) is 8.74. The second-order valence-electron chi connectivity index (χ2n) is 3.39. The number of rotatable bonds is 2. The molecule has 0 amide bonds. The van der Waals surface area contributed by atoms with Gasteiger partial charge in [-0.05, 0) is 29.2 Å². The van der Waals surface area contributed by atoms with Crippen molar-refractivity contribution in [2.45, 2.75) is 13.2 Å². The molecular weight excluding hydrogens is 204 g/mol. The van der Waals surface area contributed by atoms with Gasteiger partial charge >= 0.3 is 0 Å². The lowest BCUT2D eigenvalue weighted by Crippen LogP contribution is -2.15. The van der Waals surface area contributed by atoms with Crippen molar-refractivity contribution in [3.8, 4) is 0 Å². The Labute approximate surface area is 92.7 Å². The Morgan fingerprint density at radius 1 is 1.38 bits per heavy atom. The second-order valence-corrected chi connectivity index (χ2v) is 3.39. The molecule has 1 atom stereocenters. The summed E-state index contributed by atoms with van der Waals surface area (Å²) in [6.45, 7) is 1.84. The van der Waals surface area contributed by atoms with Gasteiger partial charge in [-0.2, -0.15) is 0 Å². The number of nitrogens with zero attached hydrogens (tertiary/aromatic N) is 4. The third-order valence-electron chi connectivity index (χ3n) is 2.23. The minimum Gasteiger partial charge on any atom is -0.381 e. The molecule has 1 aliphatic heterocycles. The van der Waals surface area contributed by atoms with E-state index in [2.05, 4.69) is 15.2 Å². The Kier molecular flexibility index (Phi) is 2.89. The van der Waals surface area contributed by atoms with Gasteiger partial charge in [-0.1, -0.05) is 35.5 Å². The van der Waals surface area contributed by atoms with Gasteiger partial charge in [-0.3, -0.25) is 0 Å². The van der Waals surface area contributed by atoms with Gasteiger partial charge in [0, 0.05) is 10.5 Å². The Morgan fingerprint density at radius 3 is 2.75 bits per heavy atom. The van der Waals surface area contributed by atoms with E-state index in [-0.39, 0.29) is 0 Å². The molecule has 0 aromatic heterocycles. The van der Waals surface area contributed by atoms with Crippen molar-refractivity contribution < 1.29 is 4.84 Å². The van der Waals surface area contributed by atoms with Crippen molar-refractivity contribution in [3.05, 3.63) is 58.0 Å². The third kappa shape index (κ3) is 2.04. The molecule has 0 saturated carbocycles. The highest BCUT2D eigenvalue weighted by Crippen LogP contribution is 2.17. The summed E-state index contributed by atoms with van der Waals surface area (Å²) in [7, 11) is 0. The summed E-state index contributed by atoms with van der Waals surface area (Å²) in [4.78, 5) is 7.79. The van der Waals surface area contributed by atoms with E-state index in [1.807, 2.05) is 43.3 Å². The molecule has 0 spiro atoms. The first-order chi connectivity index (χ1) is 7.81. The molecule has 0 aliphatic carbocycles. The van der Waals surface area contributed by atoms with Crippen LogP contribution in [0.25, 0.3) is 10.4 Å². The number of hydrogen-bond acceptors (Lipinski definition) is 3. The Balaban J connectivity index is 2.26. The first-order valence-corrected chi connectivity index (χ1v) is 4.83. The second kappa shape index (κ2) is 4.51. The first-order valence-electron chi connectivity index (χ1n) is 4.83. The molecule has 5 nitrogen and oxygen atoms in total. The smallest absolute Gasteiger partial charge is 0.227 e. The predicted molar refractivity (Wildman–Crippen MR) is 60.8 cm³/mol. The molecule has 80 valence electrons. The van der Waals surface area contributed by atoms with Crippen molar-refractivity contribution >= 4 is 5.71 Å². The van der Waals surface area contributed by atoms with E-state index in [1.54, 1.807) is 0 Å². The Bertz CT molecular complexity index is 486. The van der Waals surface area contributed by atoms with Crippen LogP contribution in [-0.2, 0) is 4.84 Å². The highest BCUT2D eigenvalue weighted by molar-refractivity contribution is 6.09. The monoisotopic (exact) mass is 214 g/mol. The van der Waals surface area contributed by atoms with Crippen LogP contribution >= 0.6 is 0 Å². The quantitative estimate of drug-likeness (QED) is 0.423. The maximum atomic E-state index is 8.32. The molecule has 5 heteroatoms. The molecule has 16 heavy (non-hydrogen) atoms. The van der Waals surface area contributed by atoms with Crippen molar-refractivity contribution in [1.82, 2.24) is 0 Å². The summed E-state index contributed by atoms with van der Waals surface area (Å²) in [5, 5.41) is 7.40. The summed E-state index contributed by atoms with van der Waals surface area (Å²) in [6.07, 6.45) is 1.23. The van der Waals surface area contributed by atoms with Crippen molar-refractivity contribution in [2.75, 3.05) is 0 Å². The van der Waals surface area contributed by atoms with E-state index in [1.165, 1.54) is 0 Å². The molecule has 0 N–H and O–H groups in total. The van der Waals surface area contributed by atoms with Crippen molar-refractivity contribution in [1.29, 1.82) is 0 Å². The Hall–Kier alpha value is -2.26. The molecule has 1 aliphatic rings. The summed E-state index contributed by atoms with van der Waals surface area (Å²) < 4.78 is 0. The van der Waals surface area contributed by atoms with Crippen LogP contribution < -0.4 is 0 Å². The maximum Gasteiger partial charge on any atom is 0.227 e. The molecule has 1 aromatic rings. The lowest BCUT2D eigenvalue weighted by molar-refractivity contribution is 0.0863. The van der Waals surface area contributed by atoms with E-state index in [9.17, 15) is 0 Å². The average molecular weight is 214 g/mol. The molecule has 2 rings (SSSR count). The lowest BCUT2D eigenvalue weighted by atomic mass is 10.1. The zero-order chi connectivity index (χ0) is 11.4. The van der Waals surface area contributed by atoms with Gasteiger partial charge in [0.15, 0.2) is 0 Å². The summed E-state index contributed by atoms with van der Waals surface area (Å²) in [6, 6.07) is 9.69. The van der Waals surface area contributed by atoms with Crippen LogP contribution in [0.15, 0.2) is 52.3 Å². The van der Waals surface area contributed by atoms with Gasteiger partial charge in [0.25, 0.3) is 0 Å². The highest BCUT2D eigenvalue weighted by Gasteiger charge is 2.16. The van der Waals surface area contributed by atoms with Gasteiger partial charge < -0.3 is 4.84 Å². The lowest BCUT2D eigenvalue weighted by Gasteiger charge is -2.16. The topological polar surface area (TPSA) is 70.4 Å². The van der Waals surface area contributed by atoms with Crippen LogP contribution in [0, 0.1) is 0 Å². The predicted octanol–water partition coefficient (Wildman–Crippen LogP) is 3.00. The van der Waals surface area contributed by atoms with E-state index >= 15 is 0 Å². The van der Waals surface area contributed by atoms with Gasteiger partial charge in [-0.25, -0.2) is 0 Å². The number of allylic oxidation sites excluding steroid dienone is 1. The standard InChI is InChI=1S/C11H10N4O/c1-8-7-10(9-5-3-2-4-6-9)14-16-11(8)13-15-12/h2-7,11H,1H3. The van der Waals surface area contributed by atoms with Crippen LogP contribution in [0.1, 0.15) is 12.5 Å². The average Bonchev–Trinajstić information content (AvgIpc) is 2.33. The molecule has 0 radical (unpaired) electrons. The maximum absolute atomic E-state index is 8.32. The number of oxime groups is 1. The largest absolute Gasteiger partial charge is 0.381 e. The zero-order valence-electron chi connectivity index (χ0n) is 8.74. The van der Waals surface area contributed by atoms with E-state index in [0.717, 1.165) is 16.8 Å². The number of benzene rings is 1. The SMILES string of the molecule is CC1=CC(c2ccccc2)=NOC1N=[N+]=[N-]. The summed E-state index contributed by atoms with van der Waals surface area (Å²) >= 11 is 0. The van der Waals surface area contributed by atoms with Gasteiger partial charge in [0.1, 0.15) is 5.71 Å². The van der Waals surface area contributed by atoms with Crippen LogP contribution in [0.5, 0.6) is 0 Å².